The molecule has 0 aromatic carbocycles. The van der Waals surface area contributed by atoms with E-state index in [2.05, 4.69) is 50.8 Å². The number of hydrogen-bond acceptors (Lipinski definition) is 2. The van der Waals surface area contributed by atoms with E-state index in [1.165, 1.54) is 0 Å². The van der Waals surface area contributed by atoms with Crippen molar-refractivity contribution in [3.63, 3.8) is 0 Å². The molecular weight excluding hydrogens is 196 g/mol. The maximum absolute atomic E-state index is 5.49. The van der Waals surface area contributed by atoms with Crippen LogP contribution in [0.25, 0.3) is 0 Å². The highest BCUT2D eigenvalue weighted by atomic mass is 15.2. The third-order valence-electron chi connectivity index (χ3n) is 3.72. The lowest BCUT2D eigenvalue weighted by Gasteiger charge is -2.45. The van der Waals surface area contributed by atoms with Gasteiger partial charge in [-0.15, -0.1) is 12.3 Å². The Kier molecular flexibility index (Phi) is 7.45. The van der Waals surface area contributed by atoms with Crippen LogP contribution in [0.15, 0.2) is 0 Å². The van der Waals surface area contributed by atoms with E-state index in [4.69, 9.17) is 6.42 Å². The zero-order valence-corrected chi connectivity index (χ0v) is 11.6. The van der Waals surface area contributed by atoms with Crippen LogP contribution in [0.1, 0.15) is 47.5 Å². The average Bonchev–Trinajstić information content (AvgIpc) is 2.30. The van der Waals surface area contributed by atoms with Crippen molar-refractivity contribution in [2.75, 3.05) is 19.6 Å². The van der Waals surface area contributed by atoms with E-state index in [0.717, 1.165) is 32.5 Å². The van der Waals surface area contributed by atoms with Gasteiger partial charge in [0.1, 0.15) is 0 Å². The first-order valence-corrected chi connectivity index (χ1v) is 6.52. The van der Waals surface area contributed by atoms with Crippen LogP contribution in [0, 0.1) is 12.3 Å². The average molecular weight is 224 g/mol. The van der Waals surface area contributed by atoms with E-state index in [1.807, 2.05) is 0 Å². The number of hydrogen-bond donors (Lipinski definition) is 1. The van der Waals surface area contributed by atoms with E-state index < -0.39 is 0 Å². The Morgan fingerprint density at radius 1 is 1.25 bits per heavy atom. The first-order valence-electron chi connectivity index (χ1n) is 6.52. The quantitative estimate of drug-likeness (QED) is 0.637. The molecule has 0 aromatic heterocycles. The Morgan fingerprint density at radius 3 is 2.12 bits per heavy atom. The van der Waals surface area contributed by atoms with Gasteiger partial charge in [0.15, 0.2) is 0 Å². The molecule has 0 amide bonds. The van der Waals surface area contributed by atoms with Crippen molar-refractivity contribution < 1.29 is 0 Å². The predicted octanol–water partition coefficient (Wildman–Crippen LogP) is 2.50. The number of nitrogens with one attached hydrogen (secondary N) is 1. The molecule has 0 saturated heterocycles. The van der Waals surface area contributed by atoms with E-state index in [-0.39, 0.29) is 5.54 Å². The van der Waals surface area contributed by atoms with Crippen molar-refractivity contribution in [3.8, 4) is 12.3 Å². The summed E-state index contributed by atoms with van der Waals surface area (Å²) in [5, 5.41) is 3.54. The van der Waals surface area contributed by atoms with Crippen molar-refractivity contribution >= 4 is 0 Å². The molecule has 0 aliphatic carbocycles. The molecule has 2 unspecified atom stereocenters. The Morgan fingerprint density at radius 2 is 1.81 bits per heavy atom. The van der Waals surface area contributed by atoms with Crippen molar-refractivity contribution in [2.24, 2.45) is 0 Å². The van der Waals surface area contributed by atoms with Gasteiger partial charge in [0.25, 0.3) is 0 Å². The summed E-state index contributed by atoms with van der Waals surface area (Å²) in [5.41, 5.74) is 0.159. The normalized spacial score (nSPS) is 16.8. The SMILES string of the molecule is C#CCC(NCC)C(C)(CC)N(CC)CC. The lowest BCUT2D eigenvalue weighted by atomic mass is 9.85. The van der Waals surface area contributed by atoms with Crippen molar-refractivity contribution in [1.82, 2.24) is 10.2 Å². The number of rotatable bonds is 8. The molecule has 0 radical (unpaired) electrons. The maximum atomic E-state index is 5.49. The summed E-state index contributed by atoms with van der Waals surface area (Å²) in [4.78, 5) is 2.51. The summed E-state index contributed by atoms with van der Waals surface area (Å²) in [6, 6.07) is 0.382. The largest absolute Gasteiger partial charge is 0.312 e. The standard InChI is InChI=1S/C14H28N2/c1-7-12-13(15-9-3)14(6,8-2)16(10-4)11-5/h1,13,15H,8-12H2,2-6H3. The first kappa shape index (κ1) is 15.5. The fourth-order valence-corrected chi connectivity index (χ4v) is 2.51. The number of terminal acetylenes is 1. The van der Waals surface area contributed by atoms with Gasteiger partial charge in [0.2, 0.25) is 0 Å². The Labute approximate surface area is 102 Å². The number of nitrogens with zero attached hydrogens (tertiary/aromatic N) is 1. The zero-order chi connectivity index (χ0) is 12.6. The zero-order valence-electron chi connectivity index (χ0n) is 11.6. The highest BCUT2D eigenvalue weighted by Crippen LogP contribution is 2.25. The lowest BCUT2D eigenvalue weighted by Crippen LogP contribution is -2.59. The van der Waals surface area contributed by atoms with Crippen LogP contribution in [0.4, 0.5) is 0 Å². The molecule has 94 valence electrons. The van der Waals surface area contributed by atoms with Gasteiger partial charge in [-0.25, -0.2) is 0 Å². The monoisotopic (exact) mass is 224 g/mol. The van der Waals surface area contributed by atoms with Gasteiger partial charge in [0.05, 0.1) is 0 Å². The van der Waals surface area contributed by atoms with Crippen LogP contribution < -0.4 is 5.32 Å². The molecule has 0 fully saturated rings. The fourth-order valence-electron chi connectivity index (χ4n) is 2.51. The molecule has 0 saturated carbocycles. The van der Waals surface area contributed by atoms with Crippen LogP contribution in [0.5, 0.6) is 0 Å². The second-order valence-corrected chi connectivity index (χ2v) is 4.40. The summed E-state index contributed by atoms with van der Waals surface area (Å²) < 4.78 is 0. The minimum Gasteiger partial charge on any atom is -0.312 e. The van der Waals surface area contributed by atoms with E-state index in [9.17, 15) is 0 Å². The minimum absolute atomic E-state index is 0.159. The van der Waals surface area contributed by atoms with Gasteiger partial charge in [-0.2, -0.15) is 0 Å². The van der Waals surface area contributed by atoms with Crippen molar-refractivity contribution in [2.45, 2.75) is 59.0 Å². The highest BCUT2D eigenvalue weighted by Gasteiger charge is 2.35. The molecule has 0 heterocycles. The molecule has 2 nitrogen and oxygen atoms in total. The molecule has 0 aliphatic heterocycles. The molecule has 0 bridgehead atoms. The van der Waals surface area contributed by atoms with Gasteiger partial charge in [-0.05, 0) is 33.0 Å². The predicted molar refractivity (Wildman–Crippen MR) is 72.5 cm³/mol. The molecular formula is C14H28N2. The van der Waals surface area contributed by atoms with Crippen molar-refractivity contribution in [3.05, 3.63) is 0 Å². The minimum atomic E-state index is 0.159. The summed E-state index contributed by atoms with van der Waals surface area (Å²) in [7, 11) is 0. The van der Waals surface area contributed by atoms with E-state index in [1.54, 1.807) is 0 Å². The second kappa shape index (κ2) is 7.70. The van der Waals surface area contributed by atoms with Crippen LogP contribution in [-0.4, -0.2) is 36.1 Å². The highest BCUT2D eigenvalue weighted by molar-refractivity contribution is 5.02. The Bertz CT molecular complexity index is 215. The summed E-state index contributed by atoms with van der Waals surface area (Å²) in [6.45, 7) is 14.3. The first-order chi connectivity index (χ1) is 7.60. The van der Waals surface area contributed by atoms with Gasteiger partial charge in [-0.1, -0.05) is 27.7 Å². The third kappa shape index (κ3) is 3.50. The van der Waals surface area contributed by atoms with E-state index >= 15 is 0 Å². The summed E-state index contributed by atoms with van der Waals surface area (Å²) in [6.07, 6.45) is 7.40. The van der Waals surface area contributed by atoms with Crippen LogP contribution >= 0.6 is 0 Å². The Hall–Kier alpha value is -0.520. The fraction of sp³-hybridized carbons (Fsp3) is 0.857. The molecule has 0 spiro atoms. The summed E-state index contributed by atoms with van der Waals surface area (Å²) >= 11 is 0. The third-order valence-corrected chi connectivity index (χ3v) is 3.72. The van der Waals surface area contributed by atoms with Gasteiger partial charge >= 0.3 is 0 Å². The lowest BCUT2D eigenvalue weighted by molar-refractivity contribution is 0.0724. The van der Waals surface area contributed by atoms with E-state index in [0.29, 0.717) is 6.04 Å². The van der Waals surface area contributed by atoms with Crippen LogP contribution in [-0.2, 0) is 0 Å². The molecule has 1 N–H and O–H groups in total. The van der Waals surface area contributed by atoms with Crippen LogP contribution in [0.3, 0.4) is 0 Å². The van der Waals surface area contributed by atoms with Crippen molar-refractivity contribution in [1.29, 1.82) is 0 Å². The maximum Gasteiger partial charge on any atom is 0.0358 e. The summed E-state index contributed by atoms with van der Waals surface area (Å²) in [5.74, 6) is 2.81. The molecule has 0 aliphatic rings. The molecule has 0 aromatic rings. The smallest absolute Gasteiger partial charge is 0.0358 e. The van der Waals surface area contributed by atoms with Gasteiger partial charge < -0.3 is 5.32 Å². The second-order valence-electron chi connectivity index (χ2n) is 4.40. The van der Waals surface area contributed by atoms with Crippen LogP contribution in [0.2, 0.25) is 0 Å². The topological polar surface area (TPSA) is 15.3 Å². The Balaban J connectivity index is 4.91. The molecule has 16 heavy (non-hydrogen) atoms. The number of likely N-dealkylation sites (N-methyl/N-ethyl adjacent to an activating group) is 2. The van der Waals surface area contributed by atoms with Gasteiger partial charge in [-0.3, -0.25) is 4.90 Å². The molecule has 0 rings (SSSR count). The molecule has 2 heteroatoms. The van der Waals surface area contributed by atoms with Gasteiger partial charge in [0, 0.05) is 18.0 Å². The molecule has 2 atom stereocenters.